The van der Waals surface area contributed by atoms with Crippen LogP contribution in [0.25, 0.3) is 0 Å². The molecule has 0 atom stereocenters. The molecule has 1 aromatic carbocycles. The summed E-state index contributed by atoms with van der Waals surface area (Å²) in [5, 5.41) is 0. The van der Waals surface area contributed by atoms with E-state index in [9.17, 15) is 4.79 Å². The number of hydrogen-bond donors (Lipinski definition) is 0. The van der Waals surface area contributed by atoms with Gasteiger partial charge in [-0.05, 0) is 30.6 Å². The molecule has 17 heavy (non-hydrogen) atoms. The highest BCUT2D eigenvalue weighted by Gasteiger charge is 2.15. The van der Waals surface area contributed by atoms with E-state index in [0.717, 1.165) is 11.5 Å². The zero-order valence-electron chi connectivity index (χ0n) is 10.4. The van der Waals surface area contributed by atoms with E-state index in [1.807, 2.05) is 18.4 Å². The van der Waals surface area contributed by atoms with Gasteiger partial charge in [0.05, 0.1) is 5.75 Å². The van der Waals surface area contributed by atoms with E-state index in [2.05, 4.69) is 12.1 Å². The number of carbonyl (C=O) groups is 1. The van der Waals surface area contributed by atoms with Crippen LogP contribution in [-0.4, -0.2) is 17.8 Å². The van der Waals surface area contributed by atoms with Gasteiger partial charge in [0.2, 0.25) is 0 Å². The molecule has 0 amide bonds. The van der Waals surface area contributed by atoms with Gasteiger partial charge < -0.3 is 0 Å². The predicted molar refractivity (Wildman–Crippen MR) is 75.0 cm³/mol. The Balaban J connectivity index is 2.04. The molecule has 2 rings (SSSR count). The molecule has 1 fully saturated rings. The third-order valence-corrected chi connectivity index (χ3v) is 4.14. The van der Waals surface area contributed by atoms with Crippen LogP contribution in [0.2, 0.25) is 0 Å². The van der Waals surface area contributed by atoms with Gasteiger partial charge in [-0.3, -0.25) is 4.79 Å². The fourth-order valence-corrected chi connectivity index (χ4v) is 3.02. The quantitative estimate of drug-likeness (QED) is 0.740. The predicted octanol–water partition coefficient (Wildman–Crippen LogP) is 4.28. The van der Waals surface area contributed by atoms with E-state index in [0.29, 0.717) is 5.75 Å². The molecular weight excluding hydrogens is 228 g/mol. The lowest BCUT2D eigenvalue weighted by Gasteiger charge is -2.22. The largest absolute Gasteiger partial charge is 0.293 e. The Hall–Kier alpha value is -0.760. The minimum atomic E-state index is 0.243. The van der Waals surface area contributed by atoms with Crippen LogP contribution in [0.4, 0.5) is 0 Å². The number of Topliss-reactive ketones (excluding diaryl/α,β-unsaturated/α-hetero) is 1. The molecule has 1 aliphatic rings. The van der Waals surface area contributed by atoms with Gasteiger partial charge in [0.25, 0.3) is 0 Å². The number of thioether (sulfide) groups is 1. The van der Waals surface area contributed by atoms with Crippen LogP contribution in [-0.2, 0) is 0 Å². The van der Waals surface area contributed by atoms with Crippen molar-refractivity contribution in [3.63, 3.8) is 0 Å². The molecule has 0 aromatic heterocycles. The summed E-state index contributed by atoms with van der Waals surface area (Å²) in [6.45, 7) is 0. The summed E-state index contributed by atoms with van der Waals surface area (Å²) < 4.78 is 0. The smallest absolute Gasteiger partial charge is 0.172 e. The van der Waals surface area contributed by atoms with Gasteiger partial charge in [-0.1, -0.05) is 43.5 Å². The maximum absolute atomic E-state index is 11.7. The Morgan fingerprint density at radius 2 is 1.82 bits per heavy atom. The Morgan fingerprint density at radius 3 is 2.41 bits per heavy atom. The van der Waals surface area contributed by atoms with Crippen molar-refractivity contribution in [2.75, 3.05) is 12.0 Å². The third kappa shape index (κ3) is 3.35. The monoisotopic (exact) mass is 248 g/mol. The molecule has 0 heterocycles. The SMILES string of the molecule is CSCC(=O)c1ccc(C2CCCCC2)cc1. The van der Waals surface area contributed by atoms with Crippen molar-refractivity contribution in [2.45, 2.75) is 38.0 Å². The lowest BCUT2D eigenvalue weighted by Crippen LogP contribution is -2.06. The maximum Gasteiger partial charge on any atom is 0.172 e. The highest BCUT2D eigenvalue weighted by Crippen LogP contribution is 2.32. The van der Waals surface area contributed by atoms with Crippen molar-refractivity contribution in [3.05, 3.63) is 35.4 Å². The standard InChI is InChI=1S/C15H20OS/c1-17-11-15(16)14-9-7-13(8-10-14)12-5-3-2-4-6-12/h7-10,12H,2-6,11H2,1H3. The van der Waals surface area contributed by atoms with Gasteiger partial charge in [0, 0.05) is 5.56 Å². The zero-order chi connectivity index (χ0) is 12.1. The molecule has 0 unspecified atom stereocenters. The topological polar surface area (TPSA) is 17.1 Å². The van der Waals surface area contributed by atoms with Gasteiger partial charge >= 0.3 is 0 Å². The Morgan fingerprint density at radius 1 is 1.18 bits per heavy atom. The third-order valence-electron chi connectivity index (χ3n) is 3.58. The number of hydrogen-bond acceptors (Lipinski definition) is 2. The molecular formula is C15H20OS. The van der Waals surface area contributed by atoms with Gasteiger partial charge in [0.15, 0.2) is 5.78 Å². The van der Waals surface area contributed by atoms with Gasteiger partial charge in [-0.25, -0.2) is 0 Å². The lowest BCUT2D eigenvalue weighted by molar-refractivity contribution is 0.102. The van der Waals surface area contributed by atoms with E-state index in [1.54, 1.807) is 11.8 Å². The van der Waals surface area contributed by atoms with Gasteiger partial charge in [0.1, 0.15) is 0 Å². The number of rotatable bonds is 4. The molecule has 0 N–H and O–H groups in total. The Bertz CT molecular complexity index is 363. The normalized spacial score (nSPS) is 17.0. The number of benzene rings is 1. The second-order valence-electron chi connectivity index (χ2n) is 4.81. The van der Waals surface area contributed by atoms with Gasteiger partial charge in [-0.15, -0.1) is 0 Å². The van der Waals surface area contributed by atoms with Crippen LogP contribution in [0.1, 0.15) is 53.9 Å². The second-order valence-corrected chi connectivity index (χ2v) is 5.68. The van der Waals surface area contributed by atoms with Crippen molar-refractivity contribution in [1.29, 1.82) is 0 Å². The van der Waals surface area contributed by atoms with Crippen molar-refractivity contribution in [3.8, 4) is 0 Å². The molecule has 0 bridgehead atoms. The molecule has 1 aliphatic carbocycles. The zero-order valence-corrected chi connectivity index (χ0v) is 11.3. The van der Waals surface area contributed by atoms with Crippen LogP contribution in [0.5, 0.6) is 0 Å². The molecule has 1 saturated carbocycles. The summed E-state index contributed by atoms with van der Waals surface area (Å²) in [6, 6.07) is 8.32. The molecule has 0 radical (unpaired) electrons. The van der Waals surface area contributed by atoms with E-state index in [-0.39, 0.29) is 5.78 Å². The summed E-state index contributed by atoms with van der Waals surface area (Å²) in [7, 11) is 0. The molecule has 0 spiro atoms. The Labute approximate surface area is 108 Å². The molecule has 1 nitrogen and oxygen atoms in total. The van der Waals surface area contributed by atoms with Crippen molar-refractivity contribution in [1.82, 2.24) is 0 Å². The van der Waals surface area contributed by atoms with Crippen LogP contribution < -0.4 is 0 Å². The molecule has 92 valence electrons. The number of carbonyl (C=O) groups excluding carboxylic acids is 1. The second kappa shape index (κ2) is 6.25. The van der Waals surface area contributed by atoms with Crippen LogP contribution >= 0.6 is 11.8 Å². The summed E-state index contributed by atoms with van der Waals surface area (Å²) in [6.07, 6.45) is 8.71. The fourth-order valence-electron chi connectivity index (χ4n) is 2.59. The first-order valence-electron chi connectivity index (χ1n) is 6.43. The van der Waals surface area contributed by atoms with Crippen LogP contribution in [0.15, 0.2) is 24.3 Å². The van der Waals surface area contributed by atoms with Crippen LogP contribution in [0, 0.1) is 0 Å². The molecule has 0 aliphatic heterocycles. The summed E-state index contributed by atoms with van der Waals surface area (Å²) >= 11 is 1.59. The maximum atomic E-state index is 11.7. The van der Waals surface area contributed by atoms with Crippen molar-refractivity contribution >= 4 is 17.5 Å². The first-order chi connectivity index (χ1) is 8.31. The minimum absolute atomic E-state index is 0.243. The van der Waals surface area contributed by atoms with Crippen LogP contribution in [0.3, 0.4) is 0 Å². The van der Waals surface area contributed by atoms with E-state index >= 15 is 0 Å². The summed E-state index contributed by atoms with van der Waals surface area (Å²) in [4.78, 5) is 11.7. The fraction of sp³-hybridized carbons (Fsp3) is 0.533. The summed E-state index contributed by atoms with van der Waals surface area (Å²) in [5.41, 5.74) is 2.28. The first kappa shape index (κ1) is 12.7. The Kier molecular flexibility index (Phi) is 4.66. The van der Waals surface area contributed by atoms with Crippen molar-refractivity contribution < 1.29 is 4.79 Å². The highest BCUT2D eigenvalue weighted by atomic mass is 32.2. The first-order valence-corrected chi connectivity index (χ1v) is 7.82. The van der Waals surface area contributed by atoms with Crippen molar-refractivity contribution in [2.24, 2.45) is 0 Å². The highest BCUT2D eigenvalue weighted by molar-refractivity contribution is 7.99. The average molecular weight is 248 g/mol. The summed E-state index contributed by atoms with van der Waals surface area (Å²) in [5.74, 6) is 1.56. The van der Waals surface area contributed by atoms with E-state index in [1.165, 1.54) is 37.7 Å². The molecule has 1 aromatic rings. The van der Waals surface area contributed by atoms with E-state index in [4.69, 9.17) is 0 Å². The number of ketones is 1. The average Bonchev–Trinajstić information content (AvgIpc) is 2.40. The van der Waals surface area contributed by atoms with Gasteiger partial charge in [-0.2, -0.15) is 11.8 Å². The lowest BCUT2D eigenvalue weighted by atomic mass is 9.84. The molecule has 2 heteroatoms. The van der Waals surface area contributed by atoms with E-state index < -0.39 is 0 Å². The molecule has 0 saturated heterocycles. The minimum Gasteiger partial charge on any atom is -0.293 e.